The Labute approximate surface area is 102 Å². The van der Waals surface area contributed by atoms with E-state index in [9.17, 15) is 9.59 Å². The molecule has 1 aliphatic carbocycles. The molecule has 1 aliphatic rings. The first-order chi connectivity index (χ1) is 7.81. The Kier molecular flexibility index (Phi) is 3.65. The predicted octanol–water partition coefficient (Wildman–Crippen LogP) is 2.09. The van der Waals surface area contributed by atoms with Crippen molar-refractivity contribution in [3.05, 3.63) is 11.6 Å². The SMILES string of the molecule is COC(=O)C1(C(=O)OC)CC=C(C)CC1(C)C. The van der Waals surface area contributed by atoms with Gasteiger partial charge in [-0.1, -0.05) is 25.5 Å². The predicted molar refractivity (Wildman–Crippen MR) is 63.2 cm³/mol. The lowest BCUT2D eigenvalue weighted by atomic mass is 9.58. The van der Waals surface area contributed by atoms with Crippen LogP contribution in [0.25, 0.3) is 0 Å². The zero-order chi connectivity index (χ0) is 13.3. The fourth-order valence-corrected chi connectivity index (χ4v) is 2.67. The van der Waals surface area contributed by atoms with Crippen molar-refractivity contribution in [3.63, 3.8) is 0 Å². The van der Waals surface area contributed by atoms with E-state index in [0.29, 0.717) is 12.8 Å². The van der Waals surface area contributed by atoms with E-state index in [1.807, 2.05) is 26.8 Å². The second kappa shape index (κ2) is 4.51. The molecule has 4 nitrogen and oxygen atoms in total. The number of hydrogen-bond acceptors (Lipinski definition) is 4. The summed E-state index contributed by atoms with van der Waals surface area (Å²) in [6, 6.07) is 0. The fourth-order valence-electron chi connectivity index (χ4n) is 2.67. The van der Waals surface area contributed by atoms with Gasteiger partial charge in [-0.3, -0.25) is 9.59 Å². The van der Waals surface area contributed by atoms with E-state index in [1.54, 1.807) is 0 Å². The quantitative estimate of drug-likeness (QED) is 0.421. The number of allylic oxidation sites excluding steroid dienone is 2. The molecule has 0 saturated heterocycles. The number of esters is 2. The topological polar surface area (TPSA) is 52.6 Å². The van der Waals surface area contributed by atoms with E-state index in [-0.39, 0.29) is 0 Å². The van der Waals surface area contributed by atoms with E-state index < -0.39 is 22.8 Å². The Hall–Kier alpha value is -1.32. The molecule has 0 spiro atoms. The third kappa shape index (κ3) is 1.96. The number of ether oxygens (including phenoxy) is 2. The number of carbonyl (C=O) groups excluding carboxylic acids is 2. The molecule has 0 aromatic carbocycles. The summed E-state index contributed by atoms with van der Waals surface area (Å²) < 4.78 is 9.64. The van der Waals surface area contributed by atoms with Crippen molar-refractivity contribution in [1.29, 1.82) is 0 Å². The highest BCUT2D eigenvalue weighted by Gasteiger charge is 2.59. The molecule has 1 rings (SSSR count). The summed E-state index contributed by atoms with van der Waals surface area (Å²) >= 11 is 0. The monoisotopic (exact) mass is 240 g/mol. The second-order valence-electron chi connectivity index (χ2n) is 5.20. The maximum Gasteiger partial charge on any atom is 0.324 e. The molecule has 0 amide bonds. The average molecular weight is 240 g/mol. The van der Waals surface area contributed by atoms with Gasteiger partial charge in [0, 0.05) is 0 Å². The summed E-state index contributed by atoms with van der Waals surface area (Å²) in [7, 11) is 2.60. The van der Waals surface area contributed by atoms with E-state index >= 15 is 0 Å². The minimum Gasteiger partial charge on any atom is -0.468 e. The Morgan fingerprint density at radius 1 is 1.18 bits per heavy atom. The molecule has 0 saturated carbocycles. The summed E-state index contributed by atoms with van der Waals surface area (Å²) in [5.41, 5.74) is -0.555. The molecular formula is C13H20O4. The maximum atomic E-state index is 12.1. The van der Waals surface area contributed by atoms with Crippen LogP contribution in [0.5, 0.6) is 0 Å². The molecule has 0 N–H and O–H groups in total. The molecule has 0 bridgehead atoms. The minimum atomic E-state index is -1.23. The average Bonchev–Trinajstić information content (AvgIpc) is 2.26. The van der Waals surface area contributed by atoms with Crippen molar-refractivity contribution >= 4 is 11.9 Å². The molecule has 0 aliphatic heterocycles. The highest BCUT2D eigenvalue weighted by atomic mass is 16.5. The molecule has 0 atom stereocenters. The Morgan fingerprint density at radius 3 is 2.00 bits per heavy atom. The second-order valence-corrected chi connectivity index (χ2v) is 5.20. The van der Waals surface area contributed by atoms with Crippen molar-refractivity contribution < 1.29 is 19.1 Å². The standard InChI is InChI=1S/C13H20O4/c1-9-6-7-13(10(14)16-4,11(15)17-5)12(2,3)8-9/h6H,7-8H2,1-5H3. The van der Waals surface area contributed by atoms with Crippen LogP contribution in [-0.2, 0) is 19.1 Å². The van der Waals surface area contributed by atoms with Gasteiger partial charge in [0.05, 0.1) is 14.2 Å². The van der Waals surface area contributed by atoms with Crippen LogP contribution in [-0.4, -0.2) is 26.2 Å². The van der Waals surface area contributed by atoms with Gasteiger partial charge in [0.25, 0.3) is 0 Å². The van der Waals surface area contributed by atoms with Crippen LogP contribution >= 0.6 is 0 Å². The Bertz CT molecular complexity index is 350. The van der Waals surface area contributed by atoms with Crippen molar-refractivity contribution in [2.75, 3.05) is 14.2 Å². The summed E-state index contributed by atoms with van der Waals surface area (Å²) in [5.74, 6) is -1.03. The molecule has 17 heavy (non-hydrogen) atoms. The number of carbonyl (C=O) groups is 2. The largest absolute Gasteiger partial charge is 0.468 e. The van der Waals surface area contributed by atoms with Gasteiger partial charge in [0.15, 0.2) is 5.41 Å². The van der Waals surface area contributed by atoms with Gasteiger partial charge in [-0.2, -0.15) is 0 Å². The Morgan fingerprint density at radius 2 is 1.65 bits per heavy atom. The van der Waals surface area contributed by atoms with Crippen molar-refractivity contribution in [2.24, 2.45) is 10.8 Å². The zero-order valence-corrected chi connectivity index (χ0v) is 11.1. The van der Waals surface area contributed by atoms with Crippen molar-refractivity contribution in [2.45, 2.75) is 33.6 Å². The molecule has 0 fully saturated rings. The van der Waals surface area contributed by atoms with E-state index in [2.05, 4.69) is 0 Å². The van der Waals surface area contributed by atoms with Gasteiger partial charge in [-0.15, -0.1) is 0 Å². The molecule has 0 aromatic heterocycles. The van der Waals surface area contributed by atoms with Gasteiger partial charge in [0.1, 0.15) is 0 Å². The lowest BCUT2D eigenvalue weighted by Gasteiger charge is -2.44. The lowest BCUT2D eigenvalue weighted by Crippen LogP contribution is -2.53. The van der Waals surface area contributed by atoms with Crippen molar-refractivity contribution in [1.82, 2.24) is 0 Å². The zero-order valence-electron chi connectivity index (χ0n) is 11.1. The van der Waals surface area contributed by atoms with E-state index in [0.717, 1.165) is 0 Å². The van der Waals surface area contributed by atoms with Crippen LogP contribution in [0.2, 0.25) is 0 Å². The summed E-state index contributed by atoms with van der Waals surface area (Å²) in [5, 5.41) is 0. The Balaban J connectivity index is 3.33. The van der Waals surface area contributed by atoms with Gasteiger partial charge >= 0.3 is 11.9 Å². The van der Waals surface area contributed by atoms with Gasteiger partial charge in [-0.05, 0) is 25.2 Å². The summed E-state index contributed by atoms with van der Waals surface area (Å²) in [6.45, 7) is 5.80. The molecule has 0 aromatic rings. The number of rotatable bonds is 2. The fraction of sp³-hybridized carbons (Fsp3) is 0.692. The molecule has 96 valence electrons. The van der Waals surface area contributed by atoms with Crippen LogP contribution in [0.3, 0.4) is 0 Å². The first kappa shape index (κ1) is 13.7. The van der Waals surface area contributed by atoms with Crippen molar-refractivity contribution in [3.8, 4) is 0 Å². The highest BCUT2D eigenvalue weighted by molar-refractivity contribution is 6.01. The van der Waals surface area contributed by atoms with Gasteiger partial charge < -0.3 is 9.47 Å². The molecular weight excluding hydrogens is 220 g/mol. The van der Waals surface area contributed by atoms with Gasteiger partial charge in [0.2, 0.25) is 0 Å². The van der Waals surface area contributed by atoms with Gasteiger partial charge in [-0.25, -0.2) is 0 Å². The van der Waals surface area contributed by atoms with Crippen LogP contribution in [0.15, 0.2) is 11.6 Å². The minimum absolute atomic E-state index is 0.338. The molecule has 4 heteroatoms. The smallest absolute Gasteiger partial charge is 0.324 e. The highest BCUT2D eigenvalue weighted by Crippen LogP contribution is 2.51. The molecule has 0 unspecified atom stereocenters. The van der Waals surface area contributed by atoms with Crippen LogP contribution in [0, 0.1) is 10.8 Å². The normalized spacial score (nSPS) is 21.4. The lowest BCUT2D eigenvalue weighted by molar-refractivity contribution is -0.179. The maximum absolute atomic E-state index is 12.1. The van der Waals surface area contributed by atoms with Crippen LogP contribution in [0.1, 0.15) is 33.6 Å². The van der Waals surface area contributed by atoms with Crippen LogP contribution < -0.4 is 0 Å². The van der Waals surface area contributed by atoms with E-state index in [4.69, 9.17) is 9.47 Å². The molecule has 0 radical (unpaired) electrons. The summed E-state index contributed by atoms with van der Waals surface area (Å²) in [4.78, 5) is 24.1. The molecule has 0 heterocycles. The first-order valence-corrected chi connectivity index (χ1v) is 5.64. The van der Waals surface area contributed by atoms with E-state index in [1.165, 1.54) is 19.8 Å². The number of methoxy groups -OCH3 is 2. The summed E-state index contributed by atoms with van der Waals surface area (Å²) in [6.07, 6.45) is 2.93. The third-order valence-electron chi connectivity index (χ3n) is 3.70. The number of hydrogen-bond donors (Lipinski definition) is 0. The third-order valence-corrected chi connectivity index (χ3v) is 3.70. The van der Waals surface area contributed by atoms with Crippen LogP contribution in [0.4, 0.5) is 0 Å². The first-order valence-electron chi connectivity index (χ1n) is 5.64.